The van der Waals surface area contributed by atoms with Crippen LogP contribution in [0.1, 0.15) is 24.3 Å². The van der Waals surface area contributed by atoms with Crippen molar-refractivity contribution in [3.63, 3.8) is 0 Å². The van der Waals surface area contributed by atoms with E-state index in [1.165, 1.54) is 7.11 Å². The number of nitrogens with one attached hydrogen (secondary N) is 1. The van der Waals surface area contributed by atoms with Crippen molar-refractivity contribution in [3.05, 3.63) is 11.8 Å². The average Bonchev–Trinajstić information content (AvgIpc) is 2.70. The maximum atomic E-state index is 11.7. The predicted molar refractivity (Wildman–Crippen MR) is 65.4 cm³/mol. The molecule has 2 rings (SSSR count). The van der Waals surface area contributed by atoms with Crippen LogP contribution in [0.15, 0.2) is 6.07 Å². The van der Waals surface area contributed by atoms with Crippen LogP contribution in [-0.2, 0) is 4.74 Å². The molecule has 0 aliphatic rings. The van der Waals surface area contributed by atoms with E-state index >= 15 is 0 Å². The number of rotatable bonds is 3. The Balaban J connectivity index is 2.47. The molecule has 0 atom stereocenters. The van der Waals surface area contributed by atoms with Gasteiger partial charge in [-0.05, 0) is 19.9 Å². The summed E-state index contributed by atoms with van der Waals surface area (Å²) in [4.78, 5) is 22.5. The number of hydrogen-bond acceptors (Lipinski definition) is 6. The van der Waals surface area contributed by atoms with Gasteiger partial charge in [0, 0.05) is 0 Å². The summed E-state index contributed by atoms with van der Waals surface area (Å²) in [6, 6.07) is 1.58. The number of fused-ring (bicyclic) bond motifs is 1. The van der Waals surface area contributed by atoms with Crippen molar-refractivity contribution in [2.24, 2.45) is 0 Å². The minimum Gasteiger partial charge on any atom is -0.480 e. The first-order valence-electron chi connectivity index (χ1n) is 5.42. The molecule has 0 aromatic carbocycles. The van der Waals surface area contributed by atoms with Gasteiger partial charge in [0.1, 0.15) is 11.3 Å². The summed E-state index contributed by atoms with van der Waals surface area (Å²) in [7, 11) is 1.47. The fourth-order valence-corrected chi connectivity index (χ4v) is 1.54. The standard InChI is InChI=1S/C11H14N4O3/c1-5(2)18-10(16)7-4-6-8(13-7)14-11(12)15-9(6)17-3/h4-5H,1-3H3,(H3,12,13,14,15). The second kappa shape index (κ2) is 4.52. The molecule has 0 aliphatic carbocycles. The summed E-state index contributed by atoms with van der Waals surface area (Å²) in [5, 5.41) is 0.586. The Bertz CT molecular complexity index is 591. The van der Waals surface area contributed by atoms with Crippen molar-refractivity contribution in [2.45, 2.75) is 20.0 Å². The lowest BCUT2D eigenvalue weighted by Gasteiger charge is -2.05. The number of H-pyrrole nitrogens is 1. The van der Waals surface area contributed by atoms with Gasteiger partial charge in [0.15, 0.2) is 0 Å². The van der Waals surface area contributed by atoms with Gasteiger partial charge in [0.25, 0.3) is 0 Å². The van der Waals surface area contributed by atoms with Gasteiger partial charge >= 0.3 is 5.97 Å². The number of carbonyl (C=O) groups excluding carboxylic acids is 1. The number of nitrogens with two attached hydrogens (primary N) is 1. The number of aromatic nitrogens is 3. The van der Waals surface area contributed by atoms with E-state index in [1.807, 2.05) is 0 Å². The van der Waals surface area contributed by atoms with Crippen LogP contribution in [0.4, 0.5) is 5.95 Å². The third-order valence-electron chi connectivity index (χ3n) is 2.23. The second-order valence-corrected chi connectivity index (χ2v) is 3.99. The van der Waals surface area contributed by atoms with Crippen molar-refractivity contribution < 1.29 is 14.3 Å². The van der Waals surface area contributed by atoms with Gasteiger partial charge < -0.3 is 20.2 Å². The maximum Gasteiger partial charge on any atom is 0.355 e. The van der Waals surface area contributed by atoms with E-state index in [1.54, 1.807) is 19.9 Å². The van der Waals surface area contributed by atoms with Crippen LogP contribution in [0.5, 0.6) is 5.88 Å². The zero-order valence-corrected chi connectivity index (χ0v) is 10.4. The van der Waals surface area contributed by atoms with Gasteiger partial charge in [0.2, 0.25) is 11.8 Å². The minimum absolute atomic E-state index is 0.0741. The molecule has 96 valence electrons. The molecule has 0 unspecified atom stereocenters. The van der Waals surface area contributed by atoms with Crippen LogP contribution in [0.2, 0.25) is 0 Å². The summed E-state index contributed by atoms with van der Waals surface area (Å²) < 4.78 is 10.2. The van der Waals surface area contributed by atoms with Crippen LogP contribution in [-0.4, -0.2) is 34.1 Å². The van der Waals surface area contributed by atoms with Crippen molar-refractivity contribution in [1.82, 2.24) is 15.0 Å². The lowest BCUT2D eigenvalue weighted by atomic mass is 10.3. The molecule has 0 radical (unpaired) electrons. The SMILES string of the molecule is COc1nc(N)nc2[nH]c(C(=O)OC(C)C)cc12. The average molecular weight is 250 g/mol. The van der Waals surface area contributed by atoms with Gasteiger partial charge in [-0.25, -0.2) is 4.79 Å². The number of methoxy groups -OCH3 is 1. The maximum absolute atomic E-state index is 11.7. The molecular weight excluding hydrogens is 236 g/mol. The molecule has 0 saturated heterocycles. The summed E-state index contributed by atoms with van der Waals surface area (Å²) in [5.74, 6) is -0.0639. The van der Waals surface area contributed by atoms with Gasteiger partial charge in [-0.15, -0.1) is 0 Å². The predicted octanol–water partition coefficient (Wildman–Crippen LogP) is 1.11. The molecule has 2 aromatic rings. The quantitative estimate of drug-likeness (QED) is 0.791. The molecule has 7 nitrogen and oxygen atoms in total. The number of carbonyl (C=O) groups is 1. The number of esters is 1. The lowest BCUT2D eigenvalue weighted by molar-refractivity contribution is 0.0372. The first-order chi connectivity index (χ1) is 8.51. The minimum atomic E-state index is -0.455. The highest BCUT2D eigenvalue weighted by Crippen LogP contribution is 2.24. The van der Waals surface area contributed by atoms with E-state index in [9.17, 15) is 4.79 Å². The van der Waals surface area contributed by atoms with E-state index in [0.717, 1.165) is 0 Å². The molecule has 0 spiro atoms. The van der Waals surface area contributed by atoms with Crippen molar-refractivity contribution in [1.29, 1.82) is 0 Å². The highest BCUT2D eigenvalue weighted by molar-refractivity contribution is 5.95. The monoisotopic (exact) mass is 250 g/mol. The summed E-state index contributed by atoms with van der Waals surface area (Å²) >= 11 is 0. The van der Waals surface area contributed by atoms with E-state index in [4.69, 9.17) is 15.2 Å². The Morgan fingerprint density at radius 2 is 2.17 bits per heavy atom. The lowest BCUT2D eigenvalue weighted by Crippen LogP contribution is -2.11. The molecule has 18 heavy (non-hydrogen) atoms. The van der Waals surface area contributed by atoms with Gasteiger partial charge in [-0.1, -0.05) is 0 Å². The summed E-state index contributed by atoms with van der Waals surface area (Å²) in [6.07, 6.45) is -0.193. The molecule has 0 saturated carbocycles. The summed E-state index contributed by atoms with van der Waals surface area (Å²) in [6.45, 7) is 3.55. The van der Waals surface area contributed by atoms with Gasteiger partial charge in [0.05, 0.1) is 18.6 Å². The third-order valence-corrected chi connectivity index (χ3v) is 2.23. The Kier molecular flexibility index (Phi) is 3.05. The van der Waals surface area contributed by atoms with Gasteiger partial charge in [-0.3, -0.25) is 0 Å². The Morgan fingerprint density at radius 1 is 1.44 bits per heavy atom. The molecule has 2 aromatic heterocycles. The first kappa shape index (κ1) is 12.2. The fraction of sp³-hybridized carbons (Fsp3) is 0.364. The van der Waals surface area contributed by atoms with E-state index in [2.05, 4.69) is 15.0 Å². The Labute approximate surface area is 103 Å². The van der Waals surface area contributed by atoms with Crippen molar-refractivity contribution >= 4 is 23.0 Å². The second-order valence-electron chi connectivity index (χ2n) is 3.99. The summed E-state index contributed by atoms with van der Waals surface area (Å²) in [5.41, 5.74) is 6.26. The first-order valence-corrected chi connectivity index (χ1v) is 5.42. The number of aromatic amines is 1. The van der Waals surface area contributed by atoms with Crippen LogP contribution >= 0.6 is 0 Å². The smallest absolute Gasteiger partial charge is 0.355 e. The molecule has 0 bridgehead atoms. The van der Waals surface area contributed by atoms with Crippen LogP contribution in [0, 0.1) is 0 Å². The van der Waals surface area contributed by atoms with Crippen LogP contribution < -0.4 is 10.5 Å². The molecular formula is C11H14N4O3. The number of anilines is 1. The third kappa shape index (κ3) is 2.20. The van der Waals surface area contributed by atoms with E-state index < -0.39 is 5.97 Å². The molecule has 2 heterocycles. The van der Waals surface area contributed by atoms with Gasteiger partial charge in [-0.2, -0.15) is 9.97 Å². The van der Waals surface area contributed by atoms with E-state index in [0.29, 0.717) is 16.9 Å². The Hall–Kier alpha value is -2.31. The highest BCUT2D eigenvalue weighted by Gasteiger charge is 2.16. The zero-order valence-electron chi connectivity index (χ0n) is 10.4. The molecule has 0 amide bonds. The number of nitrogens with zero attached hydrogens (tertiary/aromatic N) is 2. The number of nitrogen functional groups attached to an aromatic ring is 1. The number of hydrogen-bond donors (Lipinski definition) is 2. The normalized spacial score (nSPS) is 10.9. The topological polar surface area (TPSA) is 103 Å². The van der Waals surface area contributed by atoms with Crippen LogP contribution in [0.25, 0.3) is 11.0 Å². The molecule has 0 aliphatic heterocycles. The largest absolute Gasteiger partial charge is 0.480 e. The Morgan fingerprint density at radius 3 is 2.78 bits per heavy atom. The van der Waals surface area contributed by atoms with Crippen molar-refractivity contribution in [2.75, 3.05) is 12.8 Å². The highest BCUT2D eigenvalue weighted by atomic mass is 16.5. The van der Waals surface area contributed by atoms with E-state index in [-0.39, 0.29) is 17.7 Å². The van der Waals surface area contributed by atoms with Crippen molar-refractivity contribution in [3.8, 4) is 5.88 Å². The number of ether oxygens (including phenoxy) is 2. The fourth-order valence-electron chi connectivity index (χ4n) is 1.54. The zero-order chi connectivity index (χ0) is 13.3. The van der Waals surface area contributed by atoms with Crippen LogP contribution in [0.3, 0.4) is 0 Å². The molecule has 3 N–H and O–H groups in total. The molecule has 7 heteroatoms. The molecule has 0 fully saturated rings.